The molecule has 5 heteroatoms. The first-order valence-electron chi connectivity index (χ1n) is 6.99. The molecule has 1 N–H and O–H groups in total. The maximum absolute atomic E-state index is 6.40. The largest absolute Gasteiger partial charge is 0.380 e. The summed E-state index contributed by atoms with van der Waals surface area (Å²) in [5.41, 5.74) is 2.05. The second kappa shape index (κ2) is 7.88. The maximum Gasteiger partial charge on any atom is 0.0850 e. The van der Waals surface area contributed by atoms with Crippen LogP contribution in [0.4, 0.5) is 0 Å². The molecular weight excluding hydrogens is 262 g/mol. The summed E-state index contributed by atoms with van der Waals surface area (Å²) in [6.45, 7) is 4.24. The molecule has 0 bridgehead atoms. The fourth-order valence-electron chi connectivity index (χ4n) is 2.44. The third-order valence-electron chi connectivity index (χ3n) is 3.61. The van der Waals surface area contributed by atoms with Crippen LogP contribution in [0.15, 0.2) is 0 Å². The van der Waals surface area contributed by atoms with Gasteiger partial charge in [-0.05, 0) is 19.9 Å². The molecule has 1 aromatic heterocycles. The SMILES string of the molecule is CCCC(OC)C(Cc1c(Cl)c(CC)nn1C)NC. The highest BCUT2D eigenvalue weighted by atomic mass is 35.5. The fraction of sp³-hybridized carbons (Fsp3) is 0.786. The van der Waals surface area contributed by atoms with E-state index in [2.05, 4.69) is 24.3 Å². The molecule has 0 amide bonds. The highest BCUT2D eigenvalue weighted by molar-refractivity contribution is 6.31. The van der Waals surface area contributed by atoms with Gasteiger partial charge in [-0.1, -0.05) is 31.9 Å². The van der Waals surface area contributed by atoms with Crippen LogP contribution < -0.4 is 5.32 Å². The monoisotopic (exact) mass is 287 g/mol. The number of aryl methyl sites for hydroxylation is 2. The van der Waals surface area contributed by atoms with E-state index in [1.165, 1.54) is 0 Å². The number of nitrogens with zero attached hydrogens (tertiary/aromatic N) is 2. The first-order chi connectivity index (χ1) is 9.08. The summed E-state index contributed by atoms with van der Waals surface area (Å²) in [7, 11) is 5.69. The number of halogens is 1. The number of hydrogen-bond donors (Lipinski definition) is 1. The first kappa shape index (κ1) is 16.5. The van der Waals surface area contributed by atoms with Crippen LogP contribution in [0.3, 0.4) is 0 Å². The number of likely N-dealkylation sites (N-methyl/N-ethyl adjacent to an activating group) is 1. The molecule has 19 heavy (non-hydrogen) atoms. The number of nitrogens with one attached hydrogen (secondary N) is 1. The van der Waals surface area contributed by atoms with Gasteiger partial charge in [-0.15, -0.1) is 0 Å². The Morgan fingerprint density at radius 1 is 1.42 bits per heavy atom. The smallest absolute Gasteiger partial charge is 0.0850 e. The Morgan fingerprint density at radius 3 is 2.53 bits per heavy atom. The van der Waals surface area contributed by atoms with E-state index in [1.54, 1.807) is 7.11 Å². The van der Waals surface area contributed by atoms with Crippen molar-refractivity contribution in [1.82, 2.24) is 15.1 Å². The molecule has 0 radical (unpaired) electrons. The summed E-state index contributed by atoms with van der Waals surface area (Å²) in [6, 6.07) is 0.252. The Labute approximate surface area is 121 Å². The predicted molar refractivity (Wildman–Crippen MR) is 79.9 cm³/mol. The number of hydrogen-bond acceptors (Lipinski definition) is 3. The zero-order chi connectivity index (χ0) is 14.4. The van der Waals surface area contributed by atoms with E-state index >= 15 is 0 Å². The highest BCUT2D eigenvalue weighted by Gasteiger charge is 2.23. The molecule has 0 aliphatic carbocycles. The standard InChI is InChI=1S/C14H26ClN3O/c1-6-8-13(19-5)11(16-3)9-12-14(15)10(7-2)17-18(12)4/h11,13,16H,6-9H2,1-5H3. The third kappa shape index (κ3) is 3.94. The second-order valence-corrected chi connectivity index (χ2v) is 5.22. The predicted octanol–water partition coefficient (Wildman–Crippen LogP) is 2.58. The lowest BCUT2D eigenvalue weighted by molar-refractivity contribution is 0.0627. The van der Waals surface area contributed by atoms with E-state index in [0.717, 1.165) is 42.1 Å². The van der Waals surface area contributed by atoms with Gasteiger partial charge in [0.1, 0.15) is 0 Å². The van der Waals surface area contributed by atoms with Crippen molar-refractivity contribution in [1.29, 1.82) is 0 Å². The van der Waals surface area contributed by atoms with Crippen molar-refractivity contribution in [2.45, 2.75) is 51.7 Å². The lowest BCUT2D eigenvalue weighted by Gasteiger charge is -2.25. The van der Waals surface area contributed by atoms with Crippen molar-refractivity contribution >= 4 is 11.6 Å². The Hall–Kier alpha value is -0.580. The van der Waals surface area contributed by atoms with Crippen LogP contribution in [-0.4, -0.2) is 36.1 Å². The van der Waals surface area contributed by atoms with E-state index in [0.29, 0.717) is 0 Å². The molecule has 0 aliphatic heterocycles. The van der Waals surface area contributed by atoms with Crippen molar-refractivity contribution in [2.24, 2.45) is 7.05 Å². The molecule has 0 fully saturated rings. The molecule has 1 aromatic rings. The quantitative estimate of drug-likeness (QED) is 0.799. The summed E-state index contributed by atoms with van der Waals surface area (Å²) in [4.78, 5) is 0. The van der Waals surface area contributed by atoms with Gasteiger partial charge >= 0.3 is 0 Å². The Bertz CT molecular complexity index is 392. The third-order valence-corrected chi connectivity index (χ3v) is 4.05. The van der Waals surface area contributed by atoms with Crippen molar-refractivity contribution in [3.8, 4) is 0 Å². The van der Waals surface area contributed by atoms with Crippen molar-refractivity contribution < 1.29 is 4.74 Å². The lowest BCUT2D eigenvalue weighted by Crippen LogP contribution is -2.41. The maximum atomic E-state index is 6.40. The molecule has 0 aromatic carbocycles. The average molecular weight is 288 g/mol. The normalized spacial score (nSPS) is 14.6. The summed E-state index contributed by atoms with van der Waals surface area (Å²) in [6.07, 6.45) is 4.04. The zero-order valence-corrected chi connectivity index (χ0v) is 13.4. The molecule has 2 unspecified atom stereocenters. The number of ether oxygens (including phenoxy) is 1. The molecule has 1 heterocycles. The first-order valence-corrected chi connectivity index (χ1v) is 7.37. The van der Waals surface area contributed by atoms with Crippen LogP contribution in [0.5, 0.6) is 0 Å². The van der Waals surface area contributed by atoms with Gasteiger partial charge < -0.3 is 10.1 Å². The van der Waals surface area contributed by atoms with E-state index in [-0.39, 0.29) is 12.1 Å². The van der Waals surface area contributed by atoms with Gasteiger partial charge in [0.05, 0.1) is 22.5 Å². The summed E-state index contributed by atoms with van der Waals surface area (Å²) in [5.74, 6) is 0. The minimum absolute atomic E-state index is 0.200. The summed E-state index contributed by atoms with van der Waals surface area (Å²) in [5, 5.41) is 8.61. The van der Waals surface area contributed by atoms with Crippen LogP contribution in [0, 0.1) is 0 Å². The van der Waals surface area contributed by atoms with Crippen LogP contribution in [0.1, 0.15) is 38.1 Å². The topological polar surface area (TPSA) is 39.1 Å². The molecule has 0 spiro atoms. The minimum atomic E-state index is 0.200. The Morgan fingerprint density at radius 2 is 2.11 bits per heavy atom. The highest BCUT2D eigenvalue weighted by Crippen LogP contribution is 2.23. The van der Waals surface area contributed by atoms with Crippen molar-refractivity contribution in [3.63, 3.8) is 0 Å². The van der Waals surface area contributed by atoms with Gasteiger partial charge in [-0.2, -0.15) is 5.10 Å². The van der Waals surface area contributed by atoms with E-state index < -0.39 is 0 Å². The Kier molecular flexibility index (Phi) is 6.83. The molecule has 0 aliphatic rings. The van der Waals surface area contributed by atoms with Crippen LogP contribution in [-0.2, 0) is 24.6 Å². The van der Waals surface area contributed by atoms with Gasteiger partial charge in [0.25, 0.3) is 0 Å². The van der Waals surface area contributed by atoms with E-state index in [9.17, 15) is 0 Å². The molecule has 0 saturated carbocycles. The fourth-order valence-corrected chi connectivity index (χ4v) is 2.81. The second-order valence-electron chi connectivity index (χ2n) is 4.85. The molecule has 110 valence electrons. The minimum Gasteiger partial charge on any atom is -0.380 e. The zero-order valence-electron chi connectivity index (χ0n) is 12.7. The molecule has 4 nitrogen and oxygen atoms in total. The van der Waals surface area contributed by atoms with Crippen LogP contribution in [0.2, 0.25) is 5.02 Å². The van der Waals surface area contributed by atoms with Crippen LogP contribution in [0.25, 0.3) is 0 Å². The van der Waals surface area contributed by atoms with Gasteiger partial charge in [-0.25, -0.2) is 0 Å². The van der Waals surface area contributed by atoms with Crippen LogP contribution >= 0.6 is 11.6 Å². The number of rotatable bonds is 8. The van der Waals surface area contributed by atoms with Crippen molar-refractivity contribution in [2.75, 3.05) is 14.2 Å². The number of methoxy groups -OCH3 is 1. The molecule has 0 saturated heterocycles. The summed E-state index contributed by atoms with van der Waals surface area (Å²) >= 11 is 6.40. The van der Waals surface area contributed by atoms with Gasteiger partial charge in [0.2, 0.25) is 0 Å². The van der Waals surface area contributed by atoms with Gasteiger partial charge in [-0.3, -0.25) is 4.68 Å². The molecule has 2 atom stereocenters. The summed E-state index contributed by atoms with van der Waals surface area (Å²) < 4.78 is 7.49. The van der Waals surface area contributed by atoms with Gasteiger partial charge in [0, 0.05) is 26.6 Å². The van der Waals surface area contributed by atoms with E-state index in [1.807, 2.05) is 18.8 Å². The lowest BCUT2D eigenvalue weighted by atomic mass is 10.0. The van der Waals surface area contributed by atoms with E-state index in [4.69, 9.17) is 16.3 Å². The van der Waals surface area contributed by atoms with Crippen molar-refractivity contribution in [3.05, 3.63) is 16.4 Å². The average Bonchev–Trinajstić information content (AvgIpc) is 2.69. The Balaban J connectivity index is 2.88. The molecule has 1 rings (SSSR count). The molecular formula is C14H26ClN3O. The number of aromatic nitrogens is 2. The van der Waals surface area contributed by atoms with Gasteiger partial charge in [0.15, 0.2) is 0 Å².